The summed E-state index contributed by atoms with van der Waals surface area (Å²) in [6, 6.07) is 9.22. The third-order valence-corrected chi connectivity index (χ3v) is 3.91. The van der Waals surface area contributed by atoms with Crippen LogP contribution in [-0.4, -0.2) is 14.2 Å². The van der Waals surface area contributed by atoms with E-state index in [2.05, 4.69) is 24.4 Å². The average Bonchev–Trinajstić information content (AvgIpc) is 2.79. The number of halogens is 1. The molecule has 1 heterocycles. The van der Waals surface area contributed by atoms with Crippen molar-refractivity contribution in [2.24, 2.45) is 0 Å². The number of hydrogen-bond acceptors (Lipinski definition) is 3. The zero-order chi connectivity index (χ0) is 13.1. The summed E-state index contributed by atoms with van der Waals surface area (Å²) in [4.78, 5) is 2.47. The predicted octanol–water partition coefficient (Wildman–Crippen LogP) is 3.51. The number of aryl methyl sites for hydroxylation is 1. The molecule has 0 radical (unpaired) electrons. The van der Waals surface area contributed by atoms with Gasteiger partial charge in [-0.2, -0.15) is 0 Å². The number of ether oxygens (including phenoxy) is 1. The normalized spacial score (nSPS) is 12.4. The summed E-state index contributed by atoms with van der Waals surface area (Å²) in [6.07, 6.45) is 0. The number of rotatable bonds is 4. The van der Waals surface area contributed by atoms with Crippen LogP contribution in [0.4, 0.5) is 4.39 Å². The molecule has 1 atom stereocenters. The maximum atomic E-state index is 13.4. The molecule has 0 aliphatic heterocycles. The second-order valence-corrected chi connectivity index (χ2v) is 5.38. The minimum atomic E-state index is -0.335. The van der Waals surface area contributed by atoms with Crippen LogP contribution in [0.3, 0.4) is 0 Å². The molecule has 1 aromatic carbocycles. The lowest BCUT2D eigenvalue weighted by molar-refractivity contribution is 0.385. The molecule has 2 rings (SSSR count). The van der Waals surface area contributed by atoms with Crippen molar-refractivity contribution >= 4 is 11.3 Å². The number of benzene rings is 1. The summed E-state index contributed by atoms with van der Waals surface area (Å²) in [5.74, 6) is -0.0560. The lowest BCUT2D eigenvalue weighted by Gasteiger charge is -2.16. The van der Waals surface area contributed by atoms with Gasteiger partial charge < -0.3 is 10.1 Å². The van der Waals surface area contributed by atoms with Gasteiger partial charge >= 0.3 is 0 Å². The van der Waals surface area contributed by atoms with Crippen molar-refractivity contribution in [3.05, 3.63) is 51.5 Å². The van der Waals surface area contributed by atoms with Gasteiger partial charge in [-0.05, 0) is 43.8 Å². The first-order valence-corrected chi connectivity index (χ1v) is 6.54. The van der Waals surface area contributed by atoms with Crippen LogP contribution in [0.15, 0.2) is 30.3 Å². The molecule has 2 nitrogen and oxygen atoms in total. The molecule has 0 bridgehead atoms. The smallest absolute Gasteiger partial charge is 0.165 e. The van der Waals surface area contributed by atoms with Crippen LogP contribution in [-0.2, 0) is 0 Å². The van der Waals surface area contributed by atoms with Gasteiger partial charge in [0.15, 0.2) is 11.6 Å². The second-order valence-electron chi connectivity index (χ2n) is 4.06. The fourth-order valence-electron chi connectivity index (χ4n) is 1.94. The number of thiophene rings is 1. The Hall–Kier alpha value is -1.39. The van der Waals surface area contributed by atoms with E-state index in [1.54, 1.807) is 23.5 Å². The van der Waals surface area contributed by atoms with E-state index in [4.69, 9.17) is 4.74 Å². The first kappa shape index (κ1) is 13.1. The average molecular weight is 265 g/mol. The summed E-state index contributed by atoms with van der Waals surface area (Å²) in [5.41, 5.74) is 0.998. The van der Waals surface area contributed by atoms with Crippen LogP contribution < -0.4 is 10.1 Å². The molecule has 0 saturated carbocycles. The van der Waals surface area contributed by atoms with Crippen molar-refractivity contribution < 1.29 is 9.13 Å². The summed E-state index contributed by atoms with van der Waals surface area (Å²) in [7, 11) is 3.38. The molecule has 1 unspecified atom stereocenters. The van der Waals surface area contributed by atoms with Gasteiger partial charge in [0.1, 0.15) is 0 Å². The predicted molar refractivity (Wildman–Crippen MR) is 72.9 cm³/mol. The highest BCUT2D eigenvalue weighted by molar-refractivity contribution is 7.12. The highest BCUT2D eigenvalue weighted by Crippen LogP contribution is 2.30. The van der Waals surface area contributed by atoms with Crippen LogP contribution in [0.1, 0.15) is 21.4 Å². The Bertz CT molecular complexity index is 538. The zero-order valence-electron chi connectivity index (χ0n) is 10.7. The Kier molecular flexibility index (Phi) is 3.99. The molecule has 0 aliphatic carbocycles. The van der Waals surface area contributed by atoms with E-state index >= 15 is 0 Å². The fourth-order valence-corrected chi connectivity index (χ4v) is 2.95. The molecule has 4 heteroatoms. The van der Waals surface area contributed by atoms with Crippen LogP contribution in [0.25, 0.3) is 0 Å². The molecule has 0 spiro atoms. The first-order chi connectivity index (χ1) is 8.65. The van der Waals surface area contributed by atoms with Crippen LogP contribution in [0.2, 0.25) is 0 Å². The van der Waals surface area contributed by atoms with E-state index in [1.807, 2.05) is 7.05 Å². The Morgan fingerprint density at radius 2 is 2.06 bits per heavy atom. The van der Waals surface area contributed by atoms with Crippen LogP contribution >= 0.6 is 11.3 Å². The van der Waals surface area contributed by atoms with Crippen molar-refractivity contribution in [1.29, 1.82) is 0 Å². The van der Waals surface area contributed by atoms with Gasteiger partial charge in [-0.1, -0.05) is 6.07 Å². The molecule has 0 saturated heterocycles. The molecule has 0 fully saturated rings. The van der Waals surface area contributed by atoms with Gasteiger partial charge in [-0.3, -0.25) is 0 Å². The second kappa shape index (κ2) is 5.50. The van der Waals surface area contributed by atoms with E-state index in [1.165, 1.54) is 22.9 Å². The first-order valence-electron chi connectivity index (χ1n) is 5.72. The lowest BCUT2D eigenvalue weighted by Crippen LogP contribution is -2.16. The topological polar surface area (TPSA) is 21.3 Å². The lowest BCUT2D eigenvalue weighted by atomic mass is 10.1. The Morgan fingerprint density at radius 3 is 2.61 bits per heavy atom. The summed E-state index contributed by atoms with van der Waals surface area (Å²) >= 11 is 1.74. The van der Waals surface area contributed by atoms with Crippen molar-refractivity contribution in [3.8, 4) is 5.75 Å². The zero-order valence-corrected chi connectivity index (χ0v) is 11.5. The van der Waals surface area contributed by atoms with Crippen molar-refractivity contribution in [1.82, 2.24) is 5.32 Å². The SMILES string of the molecule is CNC(c1ccc(F)c(OC)c1)c1ccc(C)s1. The summed E-state index contributed by atoms with van der Waals surface area (Å²) in [5, 5.41) is 3.25. The van der Waals surface area contributed by atoms with Crippen LogP contribution in [0.5, 0.6) is 5.75 Å². The number of nitrogens with one attached hydrogen (secondary N) is 1. The highest BCUT2D eigenvalue weighted by Gasteiger charge is 2.15. The molecular formula is C14H16FNOS. The Labute approximate surface area is 110 Å². The van der Waals surface area contributed by atoms with E-state index in [0.29, 0.717) is 0 Å². The third-order valence-electron chi connectivity index (χ3n) is 2.84. The van der Waals surface area contributed by atoms with Gasteiger partial charge in [0.05, 0.1) is 13.2 Å². The van der Waals surface area contributed by atoms with Crippen molar-refractivity contribution in [2.75, 3.05) is 14.2 Å². The number of hydrogen-bond donors (Lipinski definition) is 1. The Morgan fingerprint density at radius 1 is 1.28 bits per heavy atom. The summed E-state index contributed by atoms with van der Waals surface area (Å²) < 4.78 is 18.4. The van der Waals surface area contributed by atoms with E-state index in [-0.39, 0.29) is 17.6 Å². The molecule has 18 heavy (non-hydrogen) atoms. The minimum absolute atomic E-state index is 0.0678. The quantitative estimate of drug-likeness (QED) is 0.913. The molecule has 1 N–H and O–H groups in total. The highest BCUT2D eigenvalue weighted by atomic mass is 32.1. The van der Waals surface area contributed by atoms with E-state index in [9.17, 15) is 4.39 Å². The van der Waals surface area contributed by atoms with Gasteiger partial charge in [0, 0.05) is 9.75 Å². The molecule has 0 amide bonds. The maximum absolute atomic E-state index is 13.4. The standard InChI is InChI=1S/C14H16FNOS/c1-9-4-7-13(18-9)14(16-2)10-5-6-11(15)12(8-10)17-3/h4-8,14,16H,1-3H3. The molecule has 0 aliphatic rings. The fraction of sp³-hybridized carbons (Fsp3) is 0.286. The number of methoxy groups -OCH3 is 1. The molecule has 1 aromatic heterocycles. The van der Waals surface area contributed by atoms with Gasteiger partial charge in [-0.25, -0.2) is 4.39 Å². The minimum Gasteiger partial charge on any atom is -0.494 e. The molecular weight excluding hydrogens is 249 g/mol. The van der Waals surface area contributed by atoms with Crippen LogP contribution in [0, 0.1) is 12.7 Å². The van der Waals surface area contributed by atoms with Gasteiger partial charge in [0.25, 0.3) is 0 Å². The Balaban J connectivity index is 2.38. The van der Waals surface area contributed by atoms with Gasteiger partial charge in [-0.15, -0.1) is 11.3 Å². The van der Waals surface area contributed by atoms with Gasteiger partial charge in [0.2, 0.25) is 0 Å². The maximum Gasteiger partial charge on any atom is 0.165 e. The third kappa shape index (κ3) is 2.54. The largest absolute Gasteiger partial charge is 0.494 e. The summed E-state index contributed by atoms with van der Waals surface area (Å²) in [6.45, 7) is 2.08. The van der Waals surface area contributed by atoms with E-state index in [0.717, 1.165) is 5.56 Å². The van der Waals surface area contributed by atoms with Crippen molar-refractivity contribution in [3.63, 3.8) is 0 Å². The van der Waals surface area contributed by atoms with E-state index < -0.39 is 0 Å². The van der Waals surface area contributed by atoms with Crippen molar-refractivity contribution in [2.45, 2.75) is 13.0 Å². The molecule has 96 valence electrons. The monoisotopic (exact) mass is 265 g/mol. The molecule has 2 aromatic rings.